The third-order valence-electron chi connectivity index (χ3n) is 2.47. The van der Waals surface area contributed by atoms with Crippen molar-refractivity contribution in [2.75, 3.05) is 5.32 Å². The molecular weight excluding hydrogens is 176 g/mol. The van der Waals surface area contributed by atoms with E-state index >= 15 is 0 Å². The molecule has 1 saturated carbocycles. The van der Waals surface area contributed by atoms with Gasteiger partial charge < -0.3 is 11.1 Å². The average Bonchev–Trinajstić information content (AvgIpc) is 3.01. The van der Waals surface area contributed by atoms with Gasteiger partial charge in [0.1, 0.15) is 0 Å². The maximum atomic E-state index is 11.6. The lowest BCUT2D eigenvalue weighted by atomic mass is 10.2. The number of hydrogen-bond donors (Lipinski definition) is 2. The van der Waals surface area contributed by atoms with E-state index in [1.54, 1.807) is 0 Å². The number of nitrogens with one attached hydrogen (secondary N) is 1. The van der Waals surface area contributed by atoms with Crippen molar-refractivity contribution in [1.82, 2.24) is 0 Å². The van der Waals surface area contributed by atoms with Crippen LogP contribution in [0.1, 0.15) is 12.8 Å². The number of anilines is 1. The summed E-state index contributed by atoms with van der Waals surface area (Å²) in [5.74, 6) is 0.331. The highest BCUT2D eigenvalue weighted by Crippen LogP contribution is 2.31. The van der Waals surface area contributed by atoms with Crippen molar-refractivity contribution in [2.45, 2.75) is 18.9 Å². The summed E-state index contributed by atoms with van der Waals surface area (Å²) >= 11 is 0. The van der Waals surface area contributed by atoms with Crippen molar-refractivity contribution < 1.29 is 4.79 Å². The maximum absolute atomic E-state index is 11.6. The average molecular weight is 190 g/mol. The molecule has 0 heterocycles. The first-order valence-electron chi connectivity index (χ1n) is 4.89. The fraction of sp³-hybridized carbons (Fsp3) is 0.364. The maximum Gasteiger partial charge on any atom is 0.241 e. The topological polar surface area (TPSA) is 55.1 Å². The molecule has 0 aromatic heterocycles. The lowest BCUT2D eigenvalue weighted by Crippen LogP contribution is -2.37. The second-order valence-corrected chi connectivity index (χ2v) is 3.72. The molecule has 1 unspecified atom stereocenters. The van der Waals surface area contributed by atoms with Crippen LogP contribution >= 0.6 is 0 Å². The molecule has 14 heavy (non-hydrogen) atoms. The first-order chi connectivity index (χ1) is 6.77. The molecule has 1 amide bonds. The van der Waals surface area contributed by atoms with Gasteiger partial charge in [-0.15, -0.1) is 0 Å². The number of carbonyl (C=O) groups is 1. The number of amides is 1. The molecule has 3 nitrogen and oxygen atoms in total. The number of benzene rings is 1. The Labute approximate surface area is 83.3 Å². The summed E-state index contributed by atoms with van der Waals surface area (Å²) in [5.41, 5.74) is 6.57. The van der Waals surface area contributed by atoms with Gasteiger partial charge in [-0.3, -0.25) is 4.79 Å². The Morgan fingerprint density at radius 2 is 2.00 bits per heavy atom. The first-order valence-corrected chi connectivity index (χ1v) is 4.89. The van der Waals surface area contributed by atoms with Crippen molar-refractivity contribution in [3.8, 4) is 0 Å². The first kappa shape index (κ1) is 9.21. The summed E-state index contributed by atoms with van der Waals surface area (Å²) in [5, 5.41) is 2.80. The molecule has 3 N–H and O–H groups in total. The highest BCUT2D eigenvalue weighted by atomic mass is 16.2. The Kier molecular flexibility index (Phi) is 2.50. The monoisotopic (exact) mass is 190 g/mol. The molecule has 0 radical (unpaired) electrons. The van der Waals surface area contributed by atoms with Gasteiger partial charge in [0.25, 0.3) is 0 Å². The van der Waals surface area contributed by atoms with Gasteiger partial charge in [-0.05, 0) is 30.9 Å². The minimum atomic E-state index is -0.338. The molecular formula is C11H14N2O. The fourth-order valence-electron chi connectivity index (χ4n) is 1.42. The SMILES string of the molecule is NC(C(=O)Nc1ccccc1)C1CC1. The van der Waals surface area contributed by atoms with E-state index in [9.17, 15) is 4.79 Å². The van der Waals surface area contributed by atoms with Gasteiger partial charge in [0, 0.05) is 5.69 Å². The summed E-state index contributed by atoms with van der Waals surface area (Å²) in [6, 6.07) is 9.07. The van der Waals surface area contributed by atoms with Crippen LogP contribution in [-0.2, 0) is 4.79 Å². The van der Waals surface area contributed by atoms with E-state index in [0.717, 1.165) is 18.5 Å². The summed E-state index contributed by atoms with van der Waals surface area (Å²) in [6.45, 7) is 0. The summed E-state index contributed by atoms with van der Waals surface area (Å²) in [4.78, 5) is 11.6. The quantitative estimate of drug-likeness (QED) is 0.756. The predicted octanol–water partition coefficient (Wildman–Crippen LogP) is 1.36. The van der Waals surface area contributed by atoms with Crippen LogP contribution in [0.2, 0.25) is 0 Å². The number of nitrogens with two attached hydrogens (primary N) is 1. The highest BCUT2D eigenvalue weighted by Gasteiger charge is 2.33. The number of carbonyl (C=O) groups excluding carboxylic acids is 1. The van der Waals surface area contributed by atoms with Crippen LogP contribution in [0.4, 0.5) is 5.69 Å². The van der Waals surface area contributed by atoms with Crippen molar-refractivity contribution in [2.24, 2.45) is 11.7 Å². The largest absolute Gasteiger partial charge is 0.325 e. The van der Waals surface area contributed by atoms with Crippen LogP contribution in [0.5, 0.6) is 0 Å². The summed E-state index contributed by atoms with van der Waals surface area (Å²) in [7, 11) is 0. The zero-order chi connectivity index (χ0) is 9.97. The summed E-state index contributed by atoms with van der Waals surface area (Å²) < 4.78 is 0. The van der Waals surface area contributed by atoms with Crippen LogP contribution in [-0.4, -0.2) is 11.9 Å². The van der Waals surface area contributed by atoms with Crippen molar-refractivity contribution in [1.29, 1.82) is 0 Å². The van der Waals surface area contributed by atoms with Gasteiger partial charge in [0.15, 0.2) is 0 Å². The smallest absolute Gasteiger partial charge is 0.241 e. The van der Waals surface area contributed by atoms with Gasteiger partial charge in [0.05, 0.1) is 6.04 Å². The normalized spacial score (nSPS) is 17.5. The lowest BCUT2D eigenvalue weighted by molar-refractivity contribution is -0.117. The van der Waals surface area contributed by atoms with Gasteiger partial charge in [-0.25, -0.2) is 0 Å². The minimum Gasteiger partial charge on any atom is -0.325 e. The minimum absolute atomic E-state index is 0.0706. The van der Waals surface area contributed by atoms with E-state index in [2.05, 4.69) is 5.32 Å². The number of hydrogen-bond acceptors (Lipinski definition) is 2. The highest BCUT2D eigenvalue weighted by molar-refractivity contribution is 5.95. The van der Waals surface area contributed by atoms with Gasteiger partial charge >= 0.3 is 0 Å². The lowest BCUT2D eigenvalue weighted by Gasteiger charge is -2.10. The van der Waals surface area contributed by atoms with E-state index in [1.165, 1.54) is 0 Å². The Morgan fingerprint density at radius 3 is 2.57 bits per heavy atom. The van der Waals surface area contributed by atoms with Crippen LogP contribution in [0.25, 0.3) is 0 Å². The van der Waals surface area contributed by atoms with Crippen LogP contribution in [0, 0.1) is 5.92 Å². The Balaban J connectivity index is 1.94. The fourth-order valence-corrected chi connectivity index (χ4v) is 1.42. The molecule has 0 bridgehead atoms. The second kappa shape index (κ2) is 3.80. The van der Waals surface area contributed by atoms with Crippen molar-refractivity contribution >= 4 is 11.6 Å². The molecule has 1 atom stereocenters. The van der Waals surface area contributed by atoms with Crippen molar-refractivity contribution in [3.63, 3.8) is 0 Å². The Hall–Kier alpha value is -1.35. The zero-order valence-corrected chi connectivity index (χ0v) is 7.94. The van der Waals surface area contributed by atoms with Gasteiger partial charge in [-0.2, -0.15) is 0 Å². The second-order valence-electron chi connectivity index (χ2n) is 3.72. The van der Waals surface area contributed by atoms with Crippen LogP contribution in [0.15, 0.2) is 30.3 Å². The van der Waals surface area contributed by atoms with E-state index < -0.39 is 0 Å². The molecule has 1 aromatic carbocycles. The van der Waals surface area contributed by atoms with Gasteiger partial charge in [-0.1, -0.05) is 18.2 Å². The molecule has 1 aliphatic rings. The molecule has 1 aromatic rings. The van der Waals surface area contributed by atoms with E-state index in [4.69, 9.17) is 5.73 Å². The van der Waals surface area contributed by atoms with Crippen LogP contribution in [0.3, 0.4) is 0 Å². The molecule has 2 rings (SSSR count). The van der Waals surface area contributed by atoms with E-state index in [0.29, 0.717) is 5.92 Å². The van der Waals surface area contributed by atoms with Crippen molar-refractivity contribution in [3.05, 3.63) is 30.3 Å². The summed E-state index contributed by atoms with van der Waals surface area (Å²) in [6.07, 6.45) is 2.17. The molecule has 1 aliphatic carbocycles. The third-order valence-corrected chi connectivity index (χ3v) is 2.47. The van der Waals surface area contributed by atoms with E-state index in [1.807, 2.05) is 30.3 Å². The molecule has 1 fully saturated rings. The molecule has 74 valence electrons. The van der Waals surface area contributed by atoms with Crippen LogP contribution < -0.4 is 11.1 Å². The molecule has 0 aliphatic heterocycles. The molecule has 3 heteroatoms. The standard InChI is InChI=1S/C11H14N2O/c12-10(8-6-7-8)11(14)13-9-4-2-1-3-5-9/h1-5,8,10H,6-7,12H2,(H,13,14). The zero-order valence-electron chi connectivity index (χ0n) is 7.94. The predicted molar refractivity (Wildman–Crippen MR) is 55.8 cm³/mol. The third kappa shape index (κ3) is 2.12. The number of rotatable bonds is 3. The number of para-hydroxylation sites is 1. The van der Waals surface area contributed by atoms with E-state index in [-0.39, 0.29) is 11.9 Å². The Bertz CT molecular complexity index is 319. The Morgan fingerprint density at radius 1 is 1.36 bits per heavy atom. The molecule has 0 spiro atoms. The van der Waals surface area contributed by atoms with Gasteiger partial charge in [0.2, 0.25) is 5.91 Å². The molecule has 0 saturated heterocycles.